The van der Waals surface area contributed by atoms with Crippen molar-refractivity contribution >= 4 is 5.71 Å². The molecule has 0 aromatic carbocycles. The molecule has 0 aromatic heterocycles. The third-order valence-corrected chi connectivity index (χ3v) is 2.56. The van der Waals surface area contributed by atoms with Crippen molar-refractivity contribution in [2.45, 2.75) is 39.5 Å². The Kier molecular flexibility index (Phi) is 2.92. The van der Waals surface area contributed by atoms with Crippen LogP contribution in [-0.2, 0) is 0 Å². The Hall–Kier alpha value is -0.530. The Morgan fingerprint density at radius 2 is 2.18 bits per heavy atom. The van der Waals surface area contributed by atoms with Crippen LogP contribution >= 0.6 is 0 Å². The lowest BCUT2D eigenvalue weighted by Crippen LogP contribution is -2.23. The molecule has 0 aliphatic heterocycles. The lowest BCUT2D eigenvalue weighted by atomic mass is 9.80. The number of hydrogen-bond donors (Lipinski definition) is 1. The van der Waals surface area contributed by atoms with E-state index in [9.17, 15) is 0 Å². The first-order chi connectivity index (χ1) is 5.25. The van der Waals surface area contributed by atoms with Crippen LogP contribution in [-0.4, -0.2) is 10.9 Å². The Bertz CT molecular complexity index is 152. The molecule has 0 saturated heterocycles. The van der Waals surface area contributed by atoms with Crippen LogP contribution in [0.1, 0.15) is 39.5 Å². The maximum absolute atomic E-state index is 8.70. The average Bonchev–Trinajstić information content (AvgIpc) is 2.04. The summed E-state index contributed by atoms with van der Waals surface area (Å²) < 4.78 is 0. The molecule has 0 aromatic rings. The first-order valence-electron chi connectivity index (χ1n) is 4.46. The number of nitrogens with zero attached hydrogens (tertiary/aromatic N) is 1. The molecular weight excluding hydrogens is 138 g/mol. The fraction of sp³-hybridized carbons (Fsp3) is 0.889. The SMILES string of the molecule is CC(C)C1CCCC/C1=N/O. The van der Waals surface area contributed by atoms with E-state index in [1.165, 1.54) is 19.3 Å². The summed E-state index contributed by atoms with van der Waals surface area (Å²) in [7, 11) is 0. The van der Waals surface area contributed by atoms with Gasteiger partial charge in [-0.1, -0.05) is 25.4 Å². The number of rotatable bonds is 1. The molecule has 2 nitrogen and oxygen atoms in total. The van der Waals surface area contributed by atoms with E-state index in [0.29, 0.717) is 11.8 Å². The average molecular weight is 155 g/mol. The van der Waals surface area contributed by atoms with Crippen LogP contribution in [0.15, 0.2) is 5.16 Å². The second-order valence-corrected chi connectivity index (χ2v) is 3.69. The van der Waals surface area contributed by atoms with Crippen LogP contribution in [0.2, 0.25) is 0 Å². The van der Waals surface area contributed by atoms with Gasteiger partial charge in [0.25, 0.3) is 0 Å². The summed E-state index contributed by atoms with van der Waals surface area (Å²) in [4.78, 5) is 0. The Morgan fingerprint density at radius 3 is 2.64 bits per heavy atom. The Morgan fingerprint density at radius 1 is 1.45 bits per heavy atom. The van der Waals surface area contributed by atoms with Crippen molar-refractivity contribution in [2.75, 3.05) is 0 Å². The van der Waals surface area contributed by atoms with Crippen LogP contribution in [0, 0.1) is 11.8 Å². The maximum atomic E-state index is 8.70. The maximum Gasteiger partial charge on any atom is 0.0604 e. The lowest BCUT2D eigenvalue weighted by molar-refractivity contribution is 0.301. The van der Waals surface area contributed by atoms with Gasteiger partial charge in [0, 0.05) is 5.92 Å². The smallest absolute Gasteiger partial charge is 0.0604 e. The van der Waals surface area contributed by atoms with Gasteiger partial charge in [0.1, 0.15) is 0 Å². The molecule has 0 heterocycles. The molecular formula is C9H17NO. The van der Waals surface area contributed by atoms with Crippen LogP contribution in [0.3, 0.4) is 0 Å². The zero-order valence-electron chi connectivity index (χ0n) is 7.38. The van der Waals surface area contributed by atoms with Gasteiger partial charge >= 0.3 is 0 Å². The van der Waals surface area contributed by atoms with Crippen LogP contribution in [0.25, 0.3) is 0 Å². The van der Waals surface area contributed by atoms with Gasteiger partial charge < -0.3 is 5.21 Å². The van der Waals surface area contributed by atoms with Crippen molar-refractivity contribution in [2.24, 2.45) is 17.0 Å². The minimum atomic E-state index is 0.536. The largest absolute Gasteiger partial charge is 0.411 e. The first kappa shape index (κ1) is 8.57. The predicted octanol–water partition coefficient (Wildman–Crippen LogP) is 2.66. The molecule has 0 bridgehead atoms. The van der Waals surface area contributed by atoms with Crippen molar-refractivity contribution in [1.82, 2.24) is 0 Å². The highest BCUT2D eigenvalue weighted by atomic mass is 16.4. The van der Waals surface area contributed by atoms with Crippen molar-refractivity contribution < 1.29 is 5.21 Å². The monoisotopic (exact) mass is 155 g/mol. The summed E-state index contributed by atoms with van der Waals surface area (Å²) in [5, 5.41) is 12.1. The fourth-order valence-electron chi connectivity index (χ4n) is 1.86. The van der Waals surface area contributed by atoms with Crippen LogP contribution in [0.5, 0.6) is 0 Å². The van der Waals surface area contributed by atoms with Gasteiger partial charge in [0.05, 0.1) is 5.71 Å². The summed E-state index contributed by atoms with van der Waals surface area (Å²) in [6.45, 7) is 4.39. The summed E-state index contributed by atoms with van der Waals surface area (Å²) in [5.74, 6) is 1.16. The molecule has 1 aliphatic carbocycles. The molecule has 1 rings (SSSR count). The molecule has 1 aliphatic rings. The van der Waals surface area contributed by atoms with Gasteiger partial charge in [-0.15, -0.1) is 0 Å². The standard InChI is InChI=1S/C9H17NO/c1-7(2)8-5-3-4-6-9(8)10-11/h7-8,11H,3-6H2,1-2H3/b10-9-. The summed E-state index contributed by atoms with van der Waals surface area (Å²) in [5.41, 5.74) is 1.02. The molecule has 64 valence electrons. The Balaban J connectivity index is 2.59. The van der Waals surface area contributed by atoms with Crippen LogP contribution < -0.4 is 0 Å². The van der Waals surface area contributed by atoms with E-state index in [0.717, 1.165) is 12.1 Å². The highest BCUT2D eigenvalue weighted by Crippen LogP contribution is 2.27. The molecule has 11 heavy (non-hydrogen) atoms. The lowest BCUT2D eigenvalue weighted by Gasteiger charge is -2.25. The van der Waals surface area contributed by atoms with E-state index in [-0.39, 0.29) is 0 Å². The number of oxime groups is 1. The molecule has 1 unspecified atom stereocenters. The van der Waals surface area contributed by atoms with Crippen molar-refractivity contribution in [3.63, 3.8) is 0 Å². The second-order valence-electron chi connectivity index (χ2n) is 3.69. The van der Waals surface area contributed by atoms with E-state index in [1.54, 1.807) is 0 Å². The Labute approximate surface area is 68.3 Å². The van der Waals surface area contributed by atoms with Crippen LogP contribution in [0.4, 0.5) is 0 Å². The fourth-order valence-corrected chi connectivity index (χ4v) is 1.86. The first-order valence-corrected chi connectivity index (χ1v) is 4.46. The molecule has 1 saturated carbocycles. The molecule has 1 atom stereocenters. The van der Waals surface area contributed by atoms with Crippen molar-refractivity contribution in [3.05, 3.63) is 0 Å². The van der Waals surface area contributed by atoms with Gasteiger partial charge in [-0.2, -0.15) is 0 Å². The minimum absolute atomic E-state index is 0.536. The zero-order chi connectivity index (χ0) is 8.27. The third kappa shape index (κ3) is 1.95. The van der Waals surface area contributed by atoms with Gasteiger partial charge in [-0.25, -0.2) is 0 Å². The summed E-state index contributed by atoms with van der Waals surface area (Å²) in [6.07, 6.45) is 4.70. The van der Waals surface area contributed by atoms with Gasteiger partial charge in [0.2, 0.25) is 0 Å². The molecule has 0 radical (unpaired) electrons. The molecule has 1 fully saturated rings. The molecule has 0 amide bonds. The summed E-state index contributed by atoms with van der Waals surface area (Å²) in [6, 6.07) is 0. The van der Waals surface area contributed by atoms with E-state index >= 15 is 0 Å². The molecule has 0 spiro atoms. The number of hydrogen-bond acceptors (Lipinski definition) is 2. The normalized spacial score (nSPS) is 29.7. The van der Waals surface area contributed by atoms with Gasteiger partial charge in [-0.3, -0.25) is 0 Å². The highest BCUT2D eigenvalue weighted by Gasteiger charge is 2.23. The predicted molar refractivity (Wildman–Crippen MR) is 46.0 cm³/mol. The molecule has 1 N–H and O–H groups in total. The minimum Gasteiger partial charge on any atom is -0.411 e. The molecule has 2 heteroatoms. The van der Waals surface area contributed by atoms with E-state index < -0.39 is 0 Å². The second kappa shape index (κ2) is 3.74. The van der Waals surface area contributed by atoms with E-state index in [2.05, 4.69) is 19.0 Å². The quantitative estimate of drug-likeness (QED) is 0.458. The van der Waals surface area contributed by atoms with E-state index in [1.807, 2.05) is 0 Å². The topological polar surface area (TPSA) is 32.6 Å². The summed E-state index contributed by atoms with van der Waals surface area (Å²) >= 11 is 0. The van der Waals surface area contributed by atoms with Gasteiger partial charge in [0.15, 0.2) is 0 Å². The third-order valence-electron chi connectivity index (χ3n) is 2.56. The van der Waals surface area contributed by atoms with Crippen molar-refractivity contribution in [3.8, 4) is 0 Å². The van der Waals surface area contributed by atoms with Gasteiger partial charge in [-0.05, 0) is 25.2 Å². The zero-order valence-corrected chi connectivity index (χ0v) is 7.38. The van der Waals surface area contributed by atoms with E-state index in [4.69, 9.17) is 5.21 Å². The highest BCUT2D eigenvalue weighted by molar-refractivity contribution is 5.87. The van der Waals surface area contributed by atoms with Crippen molar-refractivity contribution in [1.29, 1.82) is 0 Å².